The molecule has 0 spiro atoms. The summed E-state index contributed by atoms with van der Waals surface area (Å²) in [5, 5.41) is 2.83. The highest BCUT2D eigenvalue weighted by atomic mass is 127. The summed E-state index contributed by atoms with van der Waals surface area (Å²) in [7, 11) is 0. The number of rotatable bonds is 3. The van der Waals surface area contributed by atoms with Gasteiger partial charge in [0.2, 0.25) is 5.91 Å². The molecule has 2 aromatic carbocycles. The molecule has 96 valence electrons. The van der Waals surface area contributed by atoms with Crippen LogP contribution in [0, 0.1) is 10.5 Å². The molecular weight excluding hydrogens is 349 g/mol. The van der Waals surface area contributed by atoms with Gasteiger partial charge in [0.15, 0.2) is 0 Å². The van der Waals surface area contributed by atoms with E-state index in [0.29, 0.717) is 0 Å². The zero-order valence-electron chi connectivity index (χ0n) is 10.6. The lowest BCUT2D eigenvalue weighted by Gasteiger charge is -2.02. The molecule has 1 N–H and O–H groups in total. The Kier molecular flexibility index (Phi) is 4.74. The maximum atomic E-state index is 11.8. The SMILES string of the molecule is Cc1ccc(/C=C/C(=O)Nc2cccc(I)c2)cc1. The Bertz CT molecular complexity index is 602. The van der Waals surface area contributed by atoms with Gasteiger partial charge in [0.25, 0.3) is 0 Å². The van der Waals surface area contributed by atoms with Gasteiger partial charge in [-0.1, -0.05) is 35.9 Å². The van der Waals surface area contributed by atoms with E-state index in [9.17, 15) is 4.79 Å². The minimum atomic E-state index is -0.123. The van der Waals surface area contributed by atoms with Gasteiger partial charge in [-0.05, 0) is 59.4 Å². The van der Waals surface area contributed by atoms with Crippen LogP contribution >= 0.6 is 22.6 Å². The number of anilines is 1. The minimum Gasteiger partial charge on any atom is -0.322 e. The van der Waals surface area contributed by atoms with Gasteiger partial charge in [0.05, 0.1) is 0 Å². The fraction of sp³-hybridized carbons (Fsp3) is 0.0625. The van der Waals surface area contributed by atoms with E-state index >= 15 is 0 Å². The lowest BCUT2D eigenvalue weighted by atomic mass is 10.1. The highest BCUT2D eigenvalue weighted by molar-refractivity contribution is 14.1. The Labute approximate surface area is 126 Å². The number of halogens is 1. The van der Waals surface area contributed by atoms with Crippen molar-refractivity contribution in [3.05, 3.63) is 69.3 Å². The molecule has 2 nitrogen and oxygen atoms in total. The smallest absolute Gasteiger partial charge is 0.248 e. The zero-order chi connectivity index (χ0) is 13.7. The topological polar surface area (TPSA) is 29.1 Å². The Balaban J connectivity index is 1.99. The van der Waals surface area contributed by atoms with E-state index in [1.165, 1.54) is 5.56 Å². The van der Waals surface area contributed by atoms with Crippen LogP contribution in [0.1, 0.15) is 11.1 Å². The van der Waals surface area contributed by atoms with Crippen molar-refractivity contribution >= 4 is 40.3 Å². The Morgan fingerprint density at radius 1 is 1.16 bits per heavy atom. The molecule has 0 aliphatic heterocycles. The largest absolute Gasteiger partial charge is 0.322 e. The molecule has 0 aliphatic rings. The van der Waals surface area contributed by atoms with Crippen LogP contribution in [0.5, 0.6) is 0 Å². The van der Waals surface area contributed by atoms with E-state index in [0.717, 1.165) is 14.8 Å². The molecule has 3 heteroatoms. The number of nitrogens with one attached hydrogen (secondary N) is 1. The van der Waals surface area contributed by atoms with Crippen molar-refractivity contribution in [1.82, 2.24) is 0 Å². The van der Waals surface area contributed by atoms with Crippen LogP contribution in [0.25, 0.3) is 6.08 Å². The second kappa shape index (κ2) is 6.52. The average molecular weight is 363 g/mol. The summed E-state index contributed by atoms with van der Waals surface area (Å²) < 4.78 is 1.10. The van der Waals surface area contributed by atoms with E-state index in [4.69, 9.17) is 0 Å². The zero-order valence-corrected chi connectivity index (χ0v) is 12.7. The number of benzene rings is 2. The first-order valence-corrected chi connectivity index (χ1v) is 7.03. The highest BCUT2D eigenvalue weighted by Crippen LogP contribution is 2.12. The summed E-state index contributed by atoms with van der Waals surface area (Å²) in [6, 6.07) is 15.7. The molecule has 1 amide bonds. The number of aryl methyl sites for hydroxylation is 1. The molecule has 0 saturated heterocycles. The first kappa shape index (κ1) is 13.8. The van der Waals surface area contributed by atoms with Crippen LogP contribution < -0.4 is 5.32 Å². The third-order valence-electron chi connectivity index (χ3n) is 2.60. The molecule has 0 saturated carbocycles. The second-order valence-electron chi connectivity index (χ2n) is 4.24. The summed E-state index contributed by atoms with van der Waals surface area (Å²) in [6.07, 6.45) is 3.35. The molecule has 0 heterocycles. The van der Waals surface area contributed by atoms with Gasteiger partial charge in [-0.15, -0.1) is 0 Å². The highest BCUT2D eigenvalue weighted by Gasteiger charge is 1.98. The van der Waals surface area contributed by atoms with Crippen molar-refractivity contribution in [3.8, 4) is 0 Å². The summed E-state index contributed by atoms with van der Waals surface area (Å²) in [4.78, 5) is 11.8. The van der Waals surface area contributed by atoms with E-state index < -0.39 is 0 Å². The van der Waals surface area contributed by atoms with Crippen LogP contribution in [0.3, 0.4) is 0 Å². The summed E-state index contributed by atoms with van der Waals surface area (Å²) in [6.45, 7) is 2.04. The van der Waals surface area contributed by atoms with Gasteiger partial charge in [0.1, 0.15) is 0 Å². The van der Waals surface area contributed by atoms with Gasteiger partial charge in [-0.25, -0.2) is 0 Å². The lowest BCUT2D eigenvalue weighted by Crippen LogP contribution is -2.07. The molecular formula is C16H14INO. The molecule has 0 atom stereocenters. The van der Waals surface area contributed by atoms with E-state index in [1.807, 2.05) is 61.5 Å². The van der Waals surface area contributed by atoms with Gasteiger partial charge in [-0.2, -0.15) is 0 Å². The molecule has 0 aliphatic carbocycles. The Morgan fingerprint density at radius 2 is 1.89 bits per heavy atom. The van der Waals surface area contributed by atoms with E-state index in [2.05, 4.69) is 27.9 Å². The molecule has 0 unspecified atom stereocenters. The Hall–Kier alpha value is -1.62. The minimum absolute atomic E-state index is 0.123. The second-order valence-corrected chi connectivity index (χ2v) is 5.49. The standard InChI is InChI=1S/C16H14INO/c1-12-5-7-13(8-6-12)9-10-16(19)18-15-4-2-3-14(17)11-15/h2-11H,1H3,(H,18,19)/b10-9+. The van der Waals surface area contributed by atoms with Gasteiger partial charge < -0.3 is 5.32 Å². The number of carbonyl (C=O) groups excluding carboxylic acids is 1. The molecule has 0 radical (unpaired) electrons. The molecule has 2 rings (SSSR count). The van der Waals surface area contributed by atoms with E-state index in [1.54, 1.807) is 6.08 Å². The number of hydrogen-bond acceptors (Lipinski definition) is 1. The number of amides is 1. The first-order chi connectivity index (χ1) is 9.13. The molecule has 0 bridgehead atoms. The molecule has 0 fully saturated rings. The monoisotopic (exact) mass is 363 g/mol. The maximum absolute atomic E-state index is 11.8. The normalized spacial score (nSPS) is 10.6. The van der Waals surface area contributed by atoms with Crippen molar-refractivity contribution in [1.29, 1.82) is 0 Å². The molecule has 19 heavy (non-hydrogen) atoms. The van der Waals surface area contributed by atoms with Crippen LogP contribution in [0.2, 0.25) is 0 Å². The van der Waals surface area contributed by atoms with Crippen molar-refractivity contribution in [2.24, 2.45) is 0 Å². The lowest BCUT2D eigenvalue weighted by molar-refractivity contribution is -0.111. The van der Waals surface area contributed by atoms with Gasteiger partial charge >= 0.3 is 0 Å². The summed E-state index contributed by atoms with van der Waals surface area (Å²) in [5.41, 5.74) is 3.04. The number of hydrogen-bond donors (Lipinski definition) is 1. The Morgan fingerprint density at radius 3 is 2.58 bits per heavy atom. The first-order valence-electron chi connectivity index (χ1n) is 5.95. The van der Waals surface area contributed by atoms with Crippen molar-refractivity contribution in [2.45, 2.75) is 6.92 Å². The predicted octanol–water partition coefficient (Wildman–Crippen LogP) is 4.25. The predicted molar refractivity (Wildman–Crippen MR) is 88.0 cm³/mol. The van der Waals surface area contributed by atoms with Crippen LogP contribution in [-0.2, 0) is 4.79 Å². The third kappa shape index (κ3) is 4.52. The maximum Gasteiger partial charge on any atom is 0.248 e. The van der Waals surface area contributed by atoms with Crippen LogP contribution in [0.15, 0.2) is 54.6 Å². The molecule has 2 aromatic rings. The fourth-order valence-electron chi connectivity index (χ4n) is 1.60. The quantitative estimate of drug-likeness (QED) is 0.641. The van der Waals surface area contributed by atoms with E-state index in [-0.39, 0.29) is 5.91 Å². The van der Waals surface area contributed by atoms with Crippen molar-refractivity contribution < 1.29 is 4.79 Å². The summed E-state index contributed by atoms with van der Waals surface area (Å²) >= 11 is 2.22. The van der Waals surface area contributed by atoms with Crippen LogP contribution in [0.4, 0.5) is 5.69 Å². The number of carbonyl (C=O) groups is 1. The molecule has 0 aromatic heterocycles. The van der Waals surface area contributed by atoms with Crippen molar-refractivity contribution in [2.75, 3.05) is 5.32 Å². The van der Waals surface area contributed by atoms with Gasteiger partial charge in [0, 0.05) is 15.3 Å². The fourth-order valence-corrected chi connectivity index (χ4v) is 2.14. The summed E-state index contributed by atoms with van der Waals surface area (Å²) in [5.74, 6) is -0.123. The third-order valence-corrected chi connectivity index (χ3v) is 3.27. The average Bonchev–Trinajstić information content (AvgIpc) is 2.38. The van der Waals surface area contributed by atoms with Gasteiger partial charge in [-0.3, -0.25) is 4.79 Å². The van der Waals surface area contributed by atoms with Crippen molar-refractivity contribution in [3.63, 3.8) is 0 Å². The van der Waals surface area contributed by atoms with Crippen LogP contribution in [-0.4, -0.2) is 5.91 Å².